The Hall–Kier alpha value is -2.62. The van der Waals surface area contributed by atoms with E-state index in [0.29, 0.717) is 11.3 Å². The molecule has 24 heteroatoms. The van der Waals surface area contributed by atoms with Gasteiger partial charge >= 0.3 is 15.5 Å². The Bertz CT molecular complexity index is 1920. The minimum Gasteiger partial charge on any atom is -0.386 e. The van der Waals surface area contributed by atoms with Crippen molar-refractivity contribution in [1.82, 2.24) is 34.1 Å². The predicted molar refractivity (Wildman–Crippen MR) is 180 cm³/mol. The van der Waals surface area contributed by atoms with Crippen molar-refractivity contribution in [1.29, 1.82) is 0 Å². The van der Waals surface area contributed by atoms with E-state index in [-0.39, 0.29) is 29.4 Å². The first-order chi connectivity index (χ1) is 23.7. The third-order valence-corrected chi connectivity index (χ3v) is 9.49. The van der Waals surface area contributed by atoms with E-state index in [9.17, 15) is 23.4 Å². The van der Waals surface area contributed by atoms with Gasteiger partial charge in [-0.3, -0.25) is 27.5 Å². The molecule has 0 saturated carbocycles. The zero-order valence-electron chi connectivity index (χ0n) is 26.8. The maximum absolute atomic E-state index is 16.2. The number of ether oxygens (including phenoxy) is 3. The van der Waals surface area contributed by atoms with E-state index in [1.807, 2.05) is 20.8 Å². The summed E-state index contributed by atoms with van der Waals surface area (Å²) in [5.74, 6) is -0.623. The summed E-state index contributed by atoms with van der Waals surface area (Å²) in [6.45, 7) is 0.391. The molecule has 0 aliphatic carbocycles. The van der Waals surface area contributed by atoms with Crippen molar-refractivity contribution in [2.75, 3.05) is 31.6 Å². The highest BCUT2D eigenvalue weighted by Gasteiger charge is 2.50. The second-order valence-electron chi connectivity index (χ2n) is 11.9. The van der Waals surface area contributed by atoms with Crippen LogP contribution in [0.3, 0.4) is 0 Å². The summed E-state index contributed by atoms with van der Waals surface area (Å²) in [5, 5.41) is 13.9. The predicted octanol–water partition coefficient (Wildman–Crippen LogP) is 3.59. The van der Waals surface area contributed by atoms with Crippen LogP contribution >= 0.6 is 40.4 Å². The summed E-state index contributed by atoms with van der Waals surface area (Å²) in [6.07, 6.45) is -6.48. The van der Waals surface area contributed by atoms with Crippen LogP contribution in [-0.2, 0) is 36.9 Å². The zero-order valence-corrected chi connectivity index (χ0v) is 30.4. The SMILES string of the molecule is CO[C@H](COP(=O)(S)O[C@H]1[C@@H](F)[C@H](n2cnc3c(NC(C)(C)C)ncnc32)O[C@@H]1COCS)[C@@H](O)[C@@H](OP=O)n1cc(F)c2c(=O)[nH]cnc21. The van der Waals surface area contributed by atoms with Gasteiger partial charge in [0.05, 0.1) is 31.8 Å². The molecule has 1 aliphatic heterocycles. The number of nitrogens with one attached hydrogen (secondary N) is 2. The second-order valence-corrected chi connectivity index (χ2v) is 15.4. The van der Waals surface area contributed by atoms with Crippen LogP contribution in [-0.4, -0.2) is 102 Å². The lowest BCUT2D eigenvalue weighted by Crippen LogP contribution is -2.39. The van der Waals surface area contributed by atoms with Gasteiger partial charge in [0.15, 0.2) is 47.1 Å². The highest BCUT2D eigenvalue weighted by atomic mass is 32.7. The molecule has 0 spiro atoms. The summed E-state index contributed by atoms with van der Waals surface area (Å²) >= 11 is 8.04. The van der Waals surface area contributed by atoms with Crippen molar-refractivity contribution in [3.05, 3.63) is 41.3 Å². The highest BCUT2D eigenvalue weighted by Crippen LogP contribution is 2.56. The van der Waals surface area contributed by atoms with Gasteiger partial charge in [0, 0.05) is 18.8 Å². The number of alkyl halides is 1. The molecule has 3 N–H and O–H groups in total. The van der Waals surface area contributed by atoms with Gasteiger partial charge in [0.2, 0.25) is 0 Å². The van der Waals surface area contributed by atoms with E-state index in [2.05, 4.69) is 55.1 Å². The maximum Gasteiger partial charge on any atom is 0.386 e. The minimum atomic E-state index is -4.48. The van der Waals surface area contributed by atoms with Crippen LogP contribution in [0.15, 0.2) is 30.0 Å². The Morgan fingerprint density at radius 3 is 2.70 bits per heavy atom. The molecule has 1 aliphatic rings. The molecule has 4 aromatic heterocycles. The number of aliphatic hydroxyl groups is 1. The van der Waals surface area contributed by atoms with Crippen LogP contribution in [0.25, 0.3) is 22.2 Å². The Labute approximate surface area is 295 Å². The molecule has 4 aromatic rings. The number of hydrogen-bond donors (Lipinski definition) is 5. The van der Waals surface area contributed by atoms with Gasteiger partial charge in [-0.2, -0.15) is 12.6 Å². The normalized spacial score (nSPS) is 23.0. The lowest BCUT2D eigenvalue weighted by atomic mass is 10.1. The summed E-state index contributed by atoms with van der Waals surface area (Å²) in [7, 11) is 0.224. The molecule has 274 valence electrons. The molecule has 18 nitrogen and oxygen atoms in total. The quantitative estimate of drug-likeness (QED) is 0.0624. The van der Waals surface area contributed by atoms with E-state index in [1.165, 1.54) is 17.2 Å². The average molecular weight is 783 g/mol. The lowest BCUT2D eigenvalue weighted by Gasteiger charge is -2.29. The number of anilines is 1. The van der Waals surface area contributed by atoms with Crippen LogP contribution in [0.1, 0.15) is 33.2 Å². The fraction of sp³-hybridized carbons (Fsp3) is 0.577. The number of aromatic amines is 1. The Kier molecular flexibility index (Phi) is 12.3. The second kappa shape index (κ2) is 16.0. The molecular formula is C26H34F2N8O10P2S2. The number of aliphatic hydroxyl groups excluding tert-OH is 1. The molecule has 1 unspecified atom stereocenters. The first kappa shape index (κ1) is 38.6. The number of rotatable bonds is 16. The van der Waals surface area contributed by atoms with E-state index in [0.717, 1.165) is 24.2 Å². The lowest BCUT2D eigenvalue weighted by molar-refractivity contribution is -0.102. The van der Waals surface area contributed by atoms with E-state index in [1.54, 1.807) is 0 Å². The standard InChI is InChI=1S/C26H34F2N8O10P2S2/c1-26(2,3)34-20-17-22(31-8-29-20)36(10-33-17)24-16(28)19(14(44-24)6-42-11-49)46-48(40,50)43-7-13(41-4)18(37)25(45-47-39)35-5-12(27)15-21(35)30-9-32-23(15)38/h5,8-10,13-14,16,18-19,24-25,37,49H,6-7,11H2,1-4H3,(H,40,50)(H,29,31,34)(H,30,32,38)/t13-,14-,16-,18-,19-,24-,25-,48?/m1/s1. The van der Waals surface area contributed by atoms with E-state index < -0.39 is 81.9 Å². The Morgan fingerprint density at radius 2 is 2.02 bits per heavy atom. The summed E-state index contributed by atoms with van der Waals surface area (Å²) < 4.78 is 90.8. The fourth-order valence-corrected chi connectivity index (χ4v) is 7.14. The third kappa shape index (κ3) is 8.36. The molecule has 5 rings (SSSR count). The molecule has 8 atom stereocenters. The first-order valence-electron chi connectivity index (χ1n) is 14.7. The molecule has 1 fully saturated rings. The number of imidazole rings is 1. The van der Waals surface area contributed by atoms with Gasteiger partial charge in [0.1, 0.15) is 36.1 Å². The molecule has 0 radical (unpaired) electrons. The number of nitrogens with zero attached hydrogens (tertiary/aromatic N) is 6. The van der Waals surface area contributed by atoms with Crippen molar-refractivity contribution in [3.8, 4) is 0 Å². The molecule has 0 amide bonds. The Balaban J connectivity index is 1.33. The third-order valence-electron chi connectivity index (χ3n) is 7.39. The van der Waals surface area contributed by atoms with Crippen LogP contribution < -0.4 is 10.9 Å². The smallest absolute Gasteiger partial charge is 0.386 e. The maximum atomic E-state index is 16.2. The largest absolute Gasteiger partial charge is 0.386 e. The van der Waals surface area contributed by atoms with Crippen LogP contribution in [0.4, 0.5) is 14.6 Å². The number of halogens is 2. The monoisotopic (exact) mass is 782 g/mol. The molecule has 0 bridgehead atoms. The van der Waals surface area contributed by atoms with Gasteiger partial charge < -0.3 is 29.6 Å². The number of fused-ring (bicyclic) bond motifs is 2. The van der Waals surface area contributed by atoms with Crippen molar-refractivity contribution in [3.63, 3.8) is 0 Å². The zero-order chi connectivity index (χ0) is 36.4. The molecule has 50 heavy (non-hydrogen) atoms. The minimum absolute atomic E-state index is 0.0454. The van der Waals surface area contributed by atoms with E-state index in [4.69, 9.17) is 27.8 Å². The summed E-state index contributed by atoms with van der Waals surface area (Å²) in [4.78, 5) is 31.1. The highest BCUT2D eigenvalue weighted by molar-refractivity contribution is 8.44. The molecule has 5 heterocycles. The molecule has 1 saturated heterocycles. The average Bonchev–Trinajstić information content (AvgIpc) is 3.72. The van der Waals surface area contributed by atoms with Gasteiger partial charge in [-0.1, -0.05) is 12.2 Å². The van der Waals surface area contributed by atoms with Gasteiger partial charge in [-0.05, 0) is 20.8 Å². The number of aromatic nitrogens is 7. The van der Waals surface area contributed by atoms with Crippen molar-refractivity contribution >= 4 is 68.4 Å². The number of thiol groups is 2. The Morgan fingerprint density at radius 1 is 1.26 bits per heavy atom. The van der Waals surface area contributed by atoms with Crippen molar-refractivity contribution in [2.45, 2.75) is 69.4 Å². The molecular weight excluding hydrogens is 748 g/mol. The summed E-state index contributed by atoms with van der Waals surface area (Å²) in [6, 6.07) is 0. The van der Waals surface area contributed by atoms with Gasteiger partial charge in [0.25, 0.3) is 5.56 Å². The number of hydrogen-bond acceptors (Lipinski definition) is 16. The number of H-pyrrole nitrogens is 1. The van der Waals surface area contributed by atoms with Crippen molar-refractivity contribution in [2.24, 2.45) is 0 Å². The number of methoxy groups -OCH3 is 1. The molecule has 0 aromatic carbocycles. The van der Waals surface area contributed by atoms with Crippen LogP contribution in [0.2, 0.25) is 0 Å². The first-order valence-corrected chi connectivity index (χ1v) is 18.8. The van der Waals surface area contributed by atoms with E-state index >= 15 is 4.39 Å². The van der Waals surface area contributed by atoms with Crippen LogP contribution in [0.5, 0.6) is 0 Å². The van der Waals surface area contributed by atoms with Crippen LogP contribution in [0, 0.1) is 5.82 Å². The topological polar surface area (TPSA) is 216 Å². The van der Waals surface area contributed by atoms with Gasteiger partial charge in [-0.25, -0.2) is 37.8 Å². The van der Waals surface area contributed by atoms with Crippen molar-refractivity contribution < 1.29 is 50.8 Å². The fourth-order valence-electron chi connectivity index (χ4n) is 5.24. The van der Waals surface area contributed by atoms with Gasteiger partial charge in [-0.15, -0.1) is 0 Å². The summed E-state index contributed by atoms with van der Waals surface area (Å²) in [5.41, 5.74) is -0.808.